The van der Waals surface area contributed by atoms with Crippen molar-refractivity contribution in [1.82, 2.24) is 20.3 Å². The van der Waals surface area contributed by atoms with Crippen molar-refractivity contribution in [2.45, 2.75) is 67.1 Å². The molecule has 0 spiro atoms. The lowest BCUT2D eigenvalue weighted by molar-refractivity contribution is -0.143. The highest BCUT2D eigenvalue weighted by Gasteiger charge is 2.39. The Labute approximate surface area is 264 Å². The summed E-state index contributed by atoms with van der Waals surface area (Å²) in [6.45, 7) is 0. The number of nitrogens with zero attached hydrogens (tertiary/aromatic N) is 1. The van der Waals surface area contributed by atoms with E-state index in [2.05, 4.69) is 20.3 Å². The second-order valence-electron chi connectivity index (χ2n) is 11.2. The van der Waals surface area contributed by atoms with Gasteiger partial charge in [0.15, 0.2) is 5.11 Å². The third-order valence-electron chi connectivity index (χ3n) is 7.80. The first kappa shape index (κ1) is 34.7. The first-order valence-electron chi connectivity index (χ1n) is 14.2. The number of hydrogen-bond donors (Lipinski definition) is 3. The topological polar surface area (TPSA) is 73.5 Å². The monoisotopic (exact) mass is 672 g/mol. The van der Waals surface area contributed by atoms with Crippen LogP contribution in [0.25, 0.3) is 0 Å². The van der Waals surface area contributed by atoms with Crippen molar-refractivity contribution < 1.29 is 34.8 Å². The lowest BCUT2D eigenvalue weighted by atomic mass is 9.89. The van der Waals surface area contributed by atoms with Crippen LogP contribution in [-0.2, 0) is 22.4 Å². The Morgan fingerprint density at radius 1 is 0.800 bits per heavy atom. The van der Waals surface area contributed by atoms with Crippen LogP contribution in [0.4, 0.5) is 26.3 Å². The van der Waals surface area contributed by atoms with Crippen LogP contribution in [0, 0.1) is 0 Å². The summed E-state index contributed by atoms with van der Waals surface area (Å²) in [5.41, 5.74) is -2.50. The molecule has 0 unspecified atom stereocenters. The van der Waals surface area contributed by atoms with Crippen LogP contribution in [0.2, 0.25) is 0 Å². The molecule has 3 N–H and O–H groups in total. The van der Waals surface area contributed by atoms with Gasteiger partial charge in [0, 0.05) is 12.1 Å². The van der Waals surface area contributed by atoms with Crippen molar-refractivity contribution in [3.8, 4) is 0 Å². The minimum atomic E-state index is -5.22. The summed E-state index contributed by atoms with van der Waals surface area (Å²) in [5.74, 6) is 0. The van der Waals surface area contributed by atoms with Crippen molar-refractivity contribution in [3.63, 3.8) is 0 Å². The number of sulfonamides is 1. The summed E-state index contributed by atoms with van der Waals surface area (Å²) >= 11 is 5.70. The van der Waals surface area contributed by atoms with Gasteiger partial charge in [-0.25, -0.2) is 13.1 Å². The molecule has 4 atom stereocenters. The molecule has 4 rings (SSSR count). The van der Waals surface area contributed by atoms with Crippen molar-refractivity contribution in [2.75, 3.05) is 14.1 Å². The molecule has 1 saturated carbocycles. The Kier molecular flexibility index (Phi) is 10.8. The third-order valence-corrected chi connectivity index (χ3v) is 9.46. The van der Waals surface area contributed by atoms with Gasteiger partial charge in [-0.3, -0.25) is 0 Å². The Morgan fingerprint density at radius 2 is 1.29 bits per heavy atom. The predicted octanol–water partition coefficient (Wildman–Crippen LogP) is 6.82. The average molecular weight is 673 g/mol. The quantitative estimate of drug-likeness (QED) is 0.171. The van der Waals surface area contributed by atoms with Gasteiger partial charge in [0.1, 0.15) is 0 Å². The van der Waals surface area contributed by atoms with E-state index in [1.807, 2.05) is 14.1 Å². The largest absolute Gasteiger partial charge is 0.416 e. The molecule has 0 saturated heterocycles. The van der Waals surface area contributed by atoms with E-state index in [0.717, 1.165) is 25.7 Å². The molecule has 0 radical (unpaired) electrons. The standard InChI is InChI=1S/C31H34F6N4O2S2/c1-41(2)26-16-10-9-15-25(26)38-29(44)39-27(20-11-5-3-6-12-20)28(21-13-7-4-8-14-21)40-45(42,43)24-18-22(30(32,33)34)17-23(19-24)31(35,36)37/h3-8,11-14,17-19,25-28,40H,9-10,15-16H2,1-2H3,(H2,38,39,44)/t25-,26-,27+,28+/m1/s1. The van der Waals surface area contributed by atoms with Crippen LogP contribution in [0.1, 0.15) is 60.0 Å². The second-order valence-corrected chi connectivity index (χ2v) is 13.3. The number of rotatable bonds is 9. The maximum Gasteiger partial charge on any atom is 0.416 e. The molecule has 0 aromatic heterocycles. The molecule has 0 amide bonds. The van der Waals surface area contributed by atoms with Crippen LogP contribution >= 0.6 is 12.2 Å². The average Bonchev–Trinajstić information content (AvgIpc) is 2.99. The third kappa shape index (κ3) is 8.96. The normalized spacial score (nSPS) is 19.1. The fourth-order valence-electron chi connectivity index (χ4n) is 5.57. The number of nitrogens with one attached hydrogen (secondary N) is 3. The molecule has 1 fully saturated rings. The van der Waals surface area contributed by atoms with Gasteiger partial charge >= 0.3 is 12.4 Å². The first-order valence-corrected chi connectivity index (χ1v) is 16.1. The number of hydrogen-bond acceptors (Lipinski definition) is 4. The fourth-order valence-corrected chi connectivity index (χ4v) is 7.16. The minimum absolute atomic E-state index is 0.00272. The van der Waals surface area contributed by atoms with E-state index in [9.17, 15) is 34.8 Å². The van der Waals surface area contributed by atoms with Gasteiger partial charge < -0.3 is 15.5 Å². The zero-order chi connectivity index (χ0) is 33.0. The predicted molar refractivity (Wildman–Crippen MR) is 164 cm³/mol. The second kappa shape index (κ2) is 14.1. The number of benzene rings is 3. The Hall–Kier alpha value is -3.20. The van der Waals surface area contributed by atoms with Gasteiger partial charge in [0.25, 0.3) is 0 Å². The smallest absolute Gasteiger partial charge is 0.358 e. The number of likely N-dealkylation sites (N-methyl/N-ethyl adjacent to an activating group) is 1. The number of halogens is 6. The minimum Gasteiger partial charge on any atom is -0.358 e. The molecule has 0 aliphatic heterocycles. The number of alkyl halides is 6. The van der Waals surface area contributed by atoms with Gasteiger partial charge in [-0.15, -0.1) is 0 Å². The summed E-state index contributed by atoms with van der Waals surface area (Å²) in [7, 11) is -1.01. The molecule has 3 aromatic carbocycles. The van der Waals surface area contributed by atoms with Gasteiger partial charge in [-0.1, -0.05) is 73.5 Å². The summed E-state index contributed by atoms with van der Waals surface area (Å²) < 4.78 is 111. The molecule has 6 nitrogen and oxygen atoms in total. The van der Waals surface area contributed by atoms with Crippen LogP contribution < -0.4 is 15.4 Å². The van der Waals surface area contributed by atoms with Gasteiger partial charge in [0.2, 0.25) is 10.0 Å². The zero-order valence-electron chi connectivity index (χ0n) is 24.5. The van der Waals surface area contributed by atoms with E-state index < -0.39 is 50.5 Å². The van der Waals surface area contributed by atoms with E-state index in [4.69, 9.17) is 12.2 Å². The molecular weight excluding hydrogens is 638 g/mol. The van der Waals surface area contributed by atoms with E-state index in [1.54, 1.807) is 60.7 Å². The van der Waals surface area contributed by atoms with E-state index in [0.29, 0.717) is 11.1 Å². The molecule has 14 heteroatoms. The Balaban J connectivity index is 1.76. The molecule has 3 aromatic rings. The molecule has 45 heavy (non-hydrogen) atoms. The molecule has 1 aliphatic rings. The van der Waals surface area contributed by atoms with Crippen molar-refractivity contribution in [2.24, 2.45) is 0 Å². The summed E-state index contributed by atoms with van der Waals surface area (Å²) in [6.07, 6.45) is -6.57. The highest BCUT2D eigenvalue weighted by atomic mass is 32.2. The van der Waals surface area contributed by atoms with Crippen LogP contribution in [-0.4, -0.2) is 44.6 Å². The maximum atomic E-state index is 13.7. The van der Waals surface area contributed by atoms with E-state index >= 15 is 0 Å². The van der Waals surface area contributed by atoms with Crippen molar-refractivity contribution in [1.29, 1.82) is 0 Å². The zero-order valence-corrected chi connectivity index (χ0v) is 26.1. The number of thiocarbonyl (C=S) groups is 1. The van der Waals surface area contributed by atoms with E-state index in [-0.39, 0.29) is 35.4 Å². The Morgan fingerprint density at radius 3 is 1.78 bits per heavy atom. The molecule has 1 aliphatic carbocycles. The highest BCUT2D eigenvalue weighted by molar-refractivity contribution is 7.89. The Bertz CT molecular complexity index is 1520. The van der Waals surface area contributed by atoms with Crippen LogP contribution in [0.3, 0.4) is 0 Å². The molecule has 0 bridgehead atoms. The summed E-state index contributed by atoms with van der Waals surface area (Å²) in [6, 6.07) is 15.2. The van der Waals surface area contributed by atoms with Gasteiger partial charge in [-0.2, -0.15) is 26.3 Å². The van der Waals surface area contributed by atoms with Crippen LogP contribution in [0.15, 0.2) is 83.8 Å². The van der Waals surface area contributed by atoms with Crippen molar-refractivity contribution in [3.05, 3.63) is 101 Å². The molecular formula is C31H34F6N4O2S2. The van der Waals surface area contributed by atoms with E-state index in [1.165, 1.54) is 0 Å². The first-order chi connectivity index (χ1) is 21.1. The lowest BCUT2D eigenvalue weighted by Crippen LogP contribution is -2.54. The summed E-state index contributed by atoms with van der Waals surface area (Å²) in [4.78, 5) is 0.938. The van der Waals surface area contributed by atoms with Crippen LogP contribution in [0.5, 0.6) is 0 Å². The molecule has 244 valence electrons. The summed E-state index contributed by atoms with van der Waals surface area (Å²) in [5, 5.41) is 6.77. The molecule has 0 heterocycles. The van der Waals surface area contributed by atoms with Gasteiger partial charge in [0.05, 0.1) is 28.1 Å². The maximum absolute atomic E-state index is 13.7. The fraction of sp³-hybridized carbons (Fsp3) is 0.387. The highest BCUT2D eigenvalue weighted by Crippen LogP contribution is 2.38. The lowest BCUT2D eigenvalue weighted by Gasteiger charge is -2.38. The SMILES string of the molecule is CN(C)[C@@H]1CCCC[C@H]1NC(=S)N[C@@H](c1ccccc1)[C@@H](NS(=O)(=O)c1cc(C(F)(F)F)cc(C(F)(F)F)c1)c1ccccc1. The van der Waals surface area contributed by atoms with Crippen molar-refractivity contribution >= 4 is 27.4 Å². The van der Waals surface area contributed by atoms with Gasteiger partial charge in [-0.05, 0) is 68.5 Å².